The SMILES string of the molecule is c1cncc(-c2cccc3nc(N[C@@H]4CCc5ccccc54)ccc23)c1. The highest BCUT2D eigenvalue weighted by Crippen LogP contribution is 2.34. The van der Waals surface area contributed by atoms with Crippen LogP contribution in [0, 0.1) is 0 Å². The molecule has 0 saturated carbocycles. The van der Waals surface area contributed by atoms with Crippen LogP contribution < -0.4 is 5.32 Å². The van der Waals surface area contributed by atoms with Crippen LogP contribution in [0.25, 0.3) is 22.0 Å². The lowest BCUT2D eigenvalue weighted by Crippen LogP contribution is -2.08. The van der Waals surface area contributed by atoms with Crippen LogP contribution in [0.4, 0.5) is 5.82 Å². The maximum atomic E-state index is 4.87. The van der Waals surface area contributed by atoms with Gasteiger partial charge in [-0.15, -0.1) is 0 Å². The molecule has 126 valence electrons. The van der Waals surface area contributed by atoms with E-state index in [1.54, 1.807) is 6.20 Å². The molecule has 1 N–H and O–H groups in total. The van der Waals surface area contributed by atoms with Crippen LogP contribution in [0.2, 0.25) is 0 Å². The van der Waals surface area contributed by atoms with Gasteiger partial charge in [0.1, 0.15) is 5.82 Å². The van der Waals surface area contributed by atoms with Crippen LogP contribution in [-0.4, -0.2) is 9.97 Å². The number of benzene rings is 2. The number of anilines is 1. The summed E-state index contributed by atoms with van der Waals surface area (Å²) in [6, 6.07) is 23.6. The maximum Gasteiger partial charge on any atom is 0.127 e. The number of hydrogen-bond donors (Lipinski definition) is 1. The van der Waals surface area contributed by atoms with Crippen LogP contribution in [0.1, 0.15) is 23.6 Å². The monoisotopic (exact) mass is 337 g/mol. The van der Waals surface area contributed by atoms with Gasteiger partial charge in [-0.25, -0.2) is 4.98 Å². The third kappa shape index (κ3) is 2.62. The number of aromatic nitrogens is 2. The Labute approximate surface area is 152 Å². The van der Waals surface area contributed by atoms with Gasteiger partial charge < -0.3 is 5.32 Å². The van der Waals surface area contributed by atoms with Gasteiger partial charge >= 0.3 is 0 Å². The summed E-state index contributed by atoms with van der Waals surface area (Å²) < 4.78 is 0. The van der Waals surface area contributed by atoms with Crippen molar-refractivity contribution in [1.82, 2.24) is 9.97 Å². The Morgan fingerprint density at radius 3 is 2.77 bits per heavy atom. The molecule has 0 fully saturated rings. The van der Waals surface area contributed by atoms with Gasteiger partial charge in [-0.2, -0.15) is 0 Å². The van der Waals surface area contributed by atoms with E-state index in [0.717, 1.165) is 35.1 Å². The minimum absolute atomic E-state index is 0.345. The van der Waals surface area contributed by atoms with E-state index in [9.17, 15) is 0 Å². The van der Waals surface area contributed by atoms with E-state index in [0.29, 0.717) is 6.04 Å². The molecule has 2 aromatic heterocycles. The number of rotatable bonds is 3. The number of nitrogens with zero attached hydrogens (tertiary/aromatic N) is 2. The summed E-state index contributed by atoms with van der Waals surface area (Å²) >= 11 is 0. The molecule has 0 unspecified atom stereocenters. The lowest BCUT2D eigenvalue weighted by Gasteiger charge is -2.15. The van der Waals surface area contributed by atoms with Gasteiger partial charge in [0.15, 0.2) is 0 Å². The lowest BCUT2D eigenvalue weighted by molar-refractivity contribution is 0.758. The minimum Gasteiger partial charge on any atom is -0.363 e. The fourth-order valence-corrected chi connectivity index (χ4v) is 3.89. The average molecular weight is 337 g/mol. The molecule has 0 aliphatic heterocycles. The Balaban J connectivity index is 1.50. The first-order valence-corrected chi connectivity index (χ1v) is 9.03. The van der Waals surface area contributed by atoms with Crippen molar-refractivity contribution in [3.63, 3.8) is 0 Å². The fraction of sp³-hybridized carbons (Fsp3) is 0.130. The van der Waals surface area contributed by atoms with E-state index in [1.165, 1.54) is 16.7 Å². The highest BCUT2D eigenvalue weighted by molar-refractivity contribution is 5.95. The molecule has 0 spiro atoms. The Hall–Kier alpha value is -3.20. The summed E-state index contributed by atoms with van der Waals surface area (Å²) in [5.41, 5.74) is 6.14. The lowest BCUT2D eigenvalue weighted by atomic mass is 10.0. The molecule has 0 saturated heterocycles. The van der Waals surface area contributed by atoms with Crippen molar-refractivity contribution in [3.05, 3.63) is 90.3 Å². The van der Waals surface area contributed by atoms with Crippen molar-refractivity contribution in [2.24, 2.45) is 0 Å². The molecule has 1 aliphatic rings. The van der Waals surface area contributed by atoms with E-state index in [-0.39, 0.29) is 0 Å². The summed E-state index contributed by atoms with van der Waals surface area (Å²) in [4.78, 5) is 9.11. The first-order chi connectivity index (χ1) is 12.9. The molecular formula is C23H19N3. The van der Waals surface area contributed by atoms with Crippen molar-refractivity contribution < 1.29 is 0 Å². The van der Waals surface area contributed by atoms with E-state index >= 15 is 0 Å². The number of fused-ring (bicyclic) bond motifs is 2. The third-order valence-electron chi connectivity index (χ3n) is 5.16. The standard InChI is InChI=1S/C23H19N3/c1-2-7-19-16(5-1)10-12-22(19)26-23-13-11-20-18(8-3-9-21(20)25-23)17-6-4-14-24-15-17/h1-9,11,13-15,22H,10,12H2,(H,25,26)/t22-/m1/s1. The molecule has 4 aromatic rings. The molecule has 26 heavy (non-hydrogen) atoms. The summed E-state index contributed by atoms with van der Waals surface area (Å²) in [7, 11) is 0. The predicted molar refractivity (Wildman–Crippen MR) is 106 cm³/mol. The largest absolute Gasteiger partial charge is 0.363 e. The maximum absolute atomic E-state index is 4.87. The van der Waals surface area contributed by atoms with Crippen molar-refractivity contribution >= 4 is 16.7 Å². The van der Waals surface area contributed by atoms with E-state index < -0.39 is 0 Å². The number of hydrogen-bond acceptors (Lipinski definition) is 3. The molecule has 5 rings (SSSR count). The smallest absolute Gasteiger partial charge is 0.127 e. The van der Waals surface area contributed by atoms with Crippen LogP contribution in [0.15, 0.2) is 79.1 Å². The van der Waals surface area contributed by atoms with Gasteiger partial charge in [0.25, 0.3) is 0 Å². The highest BCUT2D eigenvalue weighted by Gasteiger charge is 2.22. The zero-order chi connectivity index (χ0) is 17.3. The van der Waals surface area contributed by atoms with Crippen LogP contribution in [0.5, 0.6) is 0 Å². The molecule has 0 bridgehead atoms. The normalized spacial score (nSPS) is 15.8. The van der Waals surface area contributed by atoms with Crippen molar-refractivity contribution in [3.8, 4) is 11.1 Å². The molecule has 2 aromatic carbocycles. The molecule has 3 heteroatoms. The molecule has 0 radical (unpaired) electrons. The quantitative estimate of drug-likeness (QED) is 0.544. The van der Waals surface area contributed by atoms with Gasteiger partial charge in [-0.05, 0) is 53.8 Å². The van der Waals surface area contributed by atoms with Gasteiger partial charge in [-0.3, -0.25) is 4.98 Å². The summed E-state index contributed by atoms with van der Waals surface area (Å²) in [5, 5.41) is 4.78. The van der Waals surface area contributed by atoms with E-state index in [4.69, 9.17) is 4.98 Å². The molecule has 1 aliphatic carbocycles. The molecule has 0 amide bonds. The third-order valence-corrected chi connectivity index (χ3v) is 5.16. The Morgan fingerprint density at radius 2 is 1.85 bits per heavy atom. The van der Waals surface area contributed by atoms with Gasteiger partial charge in [0.2, 0.25) is 0 Å². The topological polar surface area (TPSA) is 37.8 Å². The van der Waals surface area contributed by atoms with E-state index in [1.807, 2.05) is 12.3 Å². The molecule has 2 heterocycles. The summed E-state index contributed by atoms with van der Waals surface area (Å²) in [6.45, 7) is 0. The number of pyridine rings is 2. The zero-order valence-electron chi connectivity index (χ0n) is 14.4. The second-order valence-corrected chi connectivity index (χ2v) is 6.74. The number of aryl methyl sites for hydroxylation is 1. The van der Waals surface area contributed by atoms with Crippen LogP contribution >= 0.6 is 0 Å². The second kappa shape index (κ2) is 6.26. The first kappa shape index (κ1) is 15.1. The van der Waals surface area contributed by atoms with Crippen LogP contribution in [0.3, 0.4) is 0 Å². The second-order valence-electron chi connectivity index (χ2n) is 6.74. The van der Waals surface area contributed by atoms with Gasteiger partial charge in [0, 0.05) is 23.3 Å². The van der Waals surface area contributed by atoms with Crippen molar-refractivity contribution in [2.45, 2.75) is 18.9 Å². The first-order valence-electron chi connectivity index (χ1n) is 9.03. The minimum atomic E-state index is 0.345. The Morgan fingerprint density at radius 1 is 0.885 bits per heavy atom. The van der Waals surface area contributed by atoms with Crippen molar-refractivity contribution in [1.29, 1.82) is 0 Å². The van der Waals surface area contributed by atoms with Gasteiger partial charge in [-0.1, -0.05) is 42.5 Å². The van der Waals surface area contributed by atoms with Gasteiger partial charge in [0.05, 0.1) is 11.6 Å². The van der Waals surface area contributed by atoms with Crippen LogP contribution in [-0.2, 0) is 6.42 Å². The average Bonchev–Trinajstić information content (AvgIpc) is 3.11. The van der Waals surface area contributed by atoms with Crippen molar-refractivity contribution in [2.75, 3.05) is 5.32 Å². The Kier molecular flexibility index (Phi) is 3.64. The highest BCUT2D eigenvalue weighted by atomic mass is 15.0. The van der Waals surface area contributed by atoms with E-state index in [2.05, 4.69) is 71.0 Å². The summed E-state index contributed by atoms with van der Waals surface area (Å²) in [5.74, 6) is 0.933. The fourth-order valence-electron chi connectivity index (χ4n) is 3.89. The molecule has 1 atom stereocenters. The zero-order valence-corrected chi connectivity index (χ0v) is 14.4. The molecular weight excluding hydrogens is 318 g/mol. The Bertz CT molecular complexity index is 1070. The predicted octanol–water partition coefficient (Wildman–Crippen LogP) is 5.40. The number of nitrogens with one attached hydrogen (secondary N) is 1. The summed E-state index contributed by atoms with van der Waals surface area (Å²) in [6.07, 6.45) is 5.95. The molecule has 3 nitrogen and oxygen atoms in total.